The minimum Gasteiger partial charge on any atom is -0.352 e. The van der Waals surface area contributed by atoms with Gasteiger partial charge in [0.2, 0.25) is 11.8 Å². The molecule has 45 heavy (non-hydrogen) atoms. The second-order valence-electron chi connectivity index (χ2n) is 11.3. The number of hydrogen-bond acceptors (Lipinski definition) is 4. The lowest BCUT2D eigenvalue weighted by Gasteiger charge is -2.34. The van der Waals surface area contributed by atoms with Gasteiger partial charge in [0.25, 0.3) is 10.0 Å². The third-order valence-corrected chi connectivity index (χ3v) is 10.2. The highest BCUT2D eigenvalue weighted by Gasteiger charge is 2.35. The maximum atomic E-state index is 14.6. The average molecular weight is 691 g/mol. The van der Waals surface area contributed by atoms with Crippen molar-refractivity contribution >= 4 is 43.5 Å². The Kier molecular flexibility index (Phi) is 11.6. The topological polar surface area (TPSA) is 86.8 Å². The van der Waals surface area contributed by atoms with Crippen molar-refractivity contribution in [1.29, 1.82) is 0 Å². The number of nitrogens with zero attached hydrogens (tertiary/aromatic N) is 2. The summed E-state index contributed by atoms with van der Waals surface area (Å²) >= 11 is 3.47. The quantitative estimate of drug-likeness (QED) is 0.167. The summed E-state index contributed by atoms with van der Waals surface area (Å²) in [5.41, 5.74) is 3.98. The molecule has 0 aliphatic rings. The van der Waals surface area contributed by atoms with Crippen LogP contribution in [-0.2, 0) is 32.6 Å². The fraction of sp³-hybridized carbons (Fsp3) is 0.278. The number of sulfonamides is 1. The minimum absolute atomic E-state index is 0.0748. The van der Waals surface area contributed by atoms with Crippen molar-refractivity contribution in [2.24, 2.45) is 0 Å². The molecule has 2 atom stereocenters. The van der Waals surface area contributed by atoms with Gasteiger partial charge in [0.1, 0.15) is 12.6 Å². The summed E-state index contributed by atoms with van der Waals surface area (Å²) < 4.78 is 30.3. The van der Waals surface area contributed by atoms with Gasteiger partial charge in [0.05, 0.1) is 10.6 Å². The summed E-state index contributed by atoms with van der Waals surface area (Å²) in [5.74, 6) is -0.779. The summed E-state index contributed by atoms with van der Waals surface area (Å²) in [6, 6.07) is 29.5. The van der Waals surface area contributed by atoms with Crippen molar-refractivity contribution in [2.75, 3.05) is 10.8 Å². The first-order chi connectivity index (χ1) is 21.5. The van der Waals surface area contributed by atoms with Crippen LogP contribution in [0, 0.1) is 13.8 Å². The number of halogens is 1. The van der Waals surface area contributed by atoms with Crippen molar-refractivity contribution < 1.29 is 18.0 Å². The van der Waals surface area contributed by atoms with Crippen molar-refractivity contribution in [3.8, 4) is 0 Å². The Morgan fingerprint density at radius 3 is 2.04 bits per heavy atom. The molecule has 9 heteroatoms. The third kappa shape index (κ3) is 8.83. The number of aryl methyl sites for hydroxylation is 2. The second-order valence-corrected chi connectivity index (χ2v) is 14.0. The molecule has 4 rings (SSSR count). The third-order valence-electron chi connectivity index (χ3n) is 7.93. The lowest BCUT2D eigenvalue weighted by molar-refractivity contribution is -0.140. The van der Waals surface area contributed by atoms with Gasteiger partial charge in [0.15, 0.2) is 0 Å². The van der Waals surface area contributed by atoms with Crippen LogP contribution >= 0.6 is 15.9 Å². The van der Waals surface area contributed by atoms with E-state index in [0.29, 0.717) is 5.69 Å². The molecule has 0 radical (unpaired) electrons. The fourth-order valence-electron chi connectivity index (χ4n) is 4.91. The summed E-state index contributed by atoms with van der Waals surface area (Å²) in [6.45, 7) is 7.39. The lowest BCUT2D eigenvalue weighted by atomic mass is 10.0. The van der Waals surface area contributed by atoms with E-state index >= 15 is 0 Å². The SMILES string of the molecule is CC[C@@H](C)NC(=O)[C@H](Cc1ccccc1)N(Cc1ccc(Br)cc1)C(=O)CN(c1ccc(C)c(C)c1)S(=O)(=O)c1ccccc1. The van der Waals surface area contributed by atoms with Crippen LogP contribution in [0.5, 0.6) is 0 Å². The van der Waals surface area contributed by atoms with Gasteiger partial charge in [-0.15, -0.1) is 0 Å². The Hall–Kier alpha value is -3.95. The van der Waals surface area contributed by atoms with Gasteiger partial charge < -0.3 is 10.2 Å². The molecule has 0 fully saturated rings. The molecule has 0 unspecified atom stereocenters. The predicted molar refractivity (Wildman–Crippen MR) is 183 cm³/mol. The number of rotatable bonds is 13. The molecule has 0 spiro atoms. The Balaban J connectivity index is 1.81. The van der Waals surface area contributed by atoms with E-state index in [1.807, 2.05) is 88.4 Å². The molecule has 2 amide bonds. The number of anilines is 1. The highest BCUT2D eigenvalue weighted by Crippen LogP contribution is 2.27. The number of benzene rings is 4. The molecule has 4 aromatic rings. The maximum absolute atomic E-state index is 14.6. The van der Waals surface area contributed by atoms with E-state index in [-0.39, 0.29) is 29.8 Å². The molecule has 0 aliphatic heterocycles. The highest BCUT2D eigenvalue weighted by atomic mass is 79.9. The standard InChI is InChI=1S/C36H40BrN3O4S/c1-5-28(4)38-36(42)34(23-29-12-8-6-9-13-29)39(24-30-17-19-31(37)20-18-30)35(41)25-40(32-21-16-26(2)27(3)22-32)45(43,44)33-14-10-7-11-15-33/h6-22,28,34H,5,23-25H2,1-4H3,(H,38,42)/t28-,34+/m1/s1. The van der Waals surface area contributed by atoms with Gasteiger partial charge in [-0.25, -0.2) is 8.42 Å². The normalized spacial score (nSPS) is 12.6. The van der Waals surface area contributed by atoms with E-state index in [2.05, 4.69) is 21.2 Å². The van der Waals surface area contributed by atoms with Crippen molar-refractivity contribution in [1.82, 2.24) is 10.2 Å². The molecule has 1 N–H and O–H groups in total. The van der Waals surface area contributed by atoms with E-state index in [4.69, 9.17) is 0 Å². The maximum Gasteiger partial charge on any atom is 0.264 e. The van der Waals surface area contributed by atoms with Gasteiger partial charge in [0, 0.05) is 23.5 Å². The minimum atomic E-state index is -4.14. The second kappa shape index (κ2) is 15.4. The van der Waals surface area contributed by atoms with Gasteiger partial charge in [-0.05, 0) is 85.8 Å². The first kappa shape index (κ1) is 33.9. The Morgan fingerprint density at radius 1 is 0.822 bits per heavy atom. The van der Waals surface area contributed by atoms with E-state index in [0.717, 1.165) is 37.5 Å². The summed E-state index contributed by atoms with van der Waals surface area (Å²) in [5, 5.41) is 3.06. The average Bonchev–Trinajstić information content (AvgIpc) is 3.04. The van der Waals surface area contributed by atoms with Crippen LogP contribution < -0.4 is 9.62 Å². The molecular formula is C36H40BrN3O4S. The number of carbonyl (C=O) groups is 2. The molecule has 7 nitrogen and oxygen atoms in total. The van der Waals surface area contributed by atoms with Crippen LogP contribution in [0.1, 0.15) is 42.5 Å². The first-order valence-electron chi connectivity index (χ1n) is 15.0. The molecular weight excluding hydrogens is 650 g/mol. The summed E-state index contributed by atoms with van der Waals surface area (Å²) in [6.07, 6.45) is 0.987. The Labute approximate surface area is 275 Å². The van der Waals surface area contributed by atoms with Gasteiger partial charge in [-0.2, -0.15) is 0 Å². The number of nitrogens with one attached hydrogen (secondary N) is 1. The van der Waals surface area contributed by atoms with Crippen LogP contribution in [0.4, 0.5) is 5.69 Å². The lowest BCUT2D eigenvalue weighted by Crippen LogP contribution is -2.54. The number of hydrogen-bond donors (Lipinski definition) is 1. The number of carbonyl (C=O) groups excluding carboxylic acids is 2. The van der Waals surface area contributed by atoms with E-state index in [1.54, 1.807) is 30.3 Å². The van der Waals surface area contributed by atoms with Crippen LogP contribution in [0.25, 0.3) is 0 Å². The molecule has 0 saturated carbocycles. The van der Waals surface area contributed by atoms with Crippen LogP contribution in [0.2, 0.25) is 0 Å². The monoisotopic (exact) mass is 689 g/mol. The summed E-state index contributed by atoms with van der Waals surface area (Å²) in [7, 11) is -4.14. The Bertz CT molecular complexity index is 1700. The van der Waals surface area contributed by atoms with Gasteiger partial charge in [-0.1, -0.05) is 89.6 Å². The highest BCUT2D eigenvalue weighted by molar-refractivity contribution is 9.10. The van der Waals surface area contributed by atoms with E-state index < -0.39 is 28.5 Å². The molecule has 0 saturated heterocycles. The zero-order valence-electron chi connectivity index (χ0n) is 26.1. The first-order valence-corrected chi connectivity index (χ1v) is 17.3. The zero-order valence-corrected chi connectivity index (χ0v) is 28.5. The van der Waals surface area contributed by atoms with E-state index in [1.165, 1.54) is 17.0 Å². The Morgan fingerprint density at radius 2 is 1.44 bits per heavy atom. The fourth-order valence-corrected chi connectivity index (χ4v) is 6.60. The summed E-state index contributed by atoms with van der Waals surface area (Å²) in [4.78, 5) is 30.1. The predicted octanol–water partition coefficient (Wildman–Crippen LogP) is 6.82. The molecule has 0 aromatic heterocycles. The van der Waals surface area contributed by atoms with Gasteiger partial charge >= 0.3 is 0 Å². The van der Waals surface area contributed by atoms with Crippen LogP contribution in [0.3, 0.4) is 0 Å². The van der Waals surface area contributed by atoms with Crippen molar-refractivity contribution in [3.05, 3.63) is 130 Å². The molecule has 0 aliphatic carbocycles. The molecule has 4 aromatic carbocycles. The van der Waals surface area contributed by atoms with Crippen LogP contribution in [-0.4, -0.2) is 43.8 Å². The zero-order chi connectivity index (χ0) is 32.6. The molecule has 236 valence electrons. The van der Waals surface area contributed by atoms with Crippen molar-refractivity contribution in [3.63, 3.8) is 0 Å². The molecule has 0 heterocycles. The largest absolute Gasteiger partial charge is 0.352 e. The van der Waals surface area contributed by atoms with Crippen LogP contribution in [0.15, 0.2) is 112 Å². The number of amides is 2. The smallest absolute Gasteiger partial charge is 0.264 e. The molecule has 0 bridgehead atoms. The van der Waals surface area contributed by atoms with Gasteiger partial charge in [-0.3, -0.25) is 13.9 Å². The van der Waals surface area contributed by atoms with E-state index in [9.17, 15) is 18.0 Å². The van der Waals surface area contributed by atoms with Crippen molar-refractivity contribution in [2.45, 2.75) is 64.1 Å².